The van der Waals surface area contributed by atoms with Crippen LogP contribution in [0.25, 0.3) is 0 Å². The predicted octanol–water partition coefficient (Wildman–Crippen LogP) is 3.97. The fourth-order valence-corrected chi connectivity index (χ4v) is 3.62. The lowest BCUT2D eigenvalue weighted by Crippen LogP contribution is -2.39. The van der Waals surface area contributed by atoms with Crippen molar-refractivity contribution in [1.29, 1.82) is 0 Å². The van der Waals surface area contributed by atoms with Crippen molar-refractivity contribution in [2.45, 2.75) is 33.2 Å². The number of carbonyl (C=O) groups excluding carboxylic acids is 2. The number of likely N-dealkylation sites (N-methyl/N-ethyl adjacent to an activating group) is 1. The molecule has 1 unspecified atom stereocenters. The zero-order valence-electron chi connectivity index (χ0n) is 17.4. The number of halogens is 1. The molecule has 2 amide bonds. The van der Waals surface area contributed by atoms with E-state index in [4.69, 9.17) is 11.6 Å². The highest BCUT2D eigenvalue weighted by atomic mass is 35.5. The zero-order chi connectivity index (χ0) is 21.2. The minimum Gasteiger partial charge on any atom is -0.354 e. The van der Waals surface area contributed by atoms with Crippen molar-refractivity contribution in [1.82, 2.24) is 15.5 Å². The van der Waals surface area contributed by atoms with E-state index < -0.39 is 0 Å². The number of amides is 2. The van der Waals surface area contributed by atoms with Gasteiger partial charge in [-0.1, -0.05) is 61.8 Å². The summed E-state index contributed by atoms with van der Waals surface area (Å²) in [4.78, 5) is 26.8. The average Bonchev–Trinajstić information content (AvgIpc) is 2.72. The lowest BCUT2D eigenvalue weighted by molar-refractivity contribution is -0.121. The Morgan fingerprint density at radius 1 is 1.00 bits per heavy atom. The molecule has 5 nitrogen and oxygen atoms in total. The summed E-state index contributed by atoms with van der Waals surface area (Å²) in [5.41, 5.74) is 2.55. The van der Waals surface area contributed by atoms with Crippen LogP contribution in [0, 0.1) is 6.92 Å². The third-order valence-corrected chi connectivity index (χ3v) is 5.38. The second kappa shape index (κ2) is 11.6. The quantitative estimate of drug-likeness (QED) is 0.617. The maximum absolute atomic E-state index is 12.3. The molecule has 0 saturated heterocycles. The van der Waals surface area contributed by atoms with E-state index in [9.17, 15) is 9.59 Å². The van der Waals surface area contributed by atoms with Gasteiger partial charge in [0.1, 0.15) is 0 Å². The van der Waals surface area contributed by atoms with E-state index in [1.165, 1.54) is 0 Å². The average molecular weight is 416 g/mol. The first-order valence-corrected chi connectivity index (χ1v) is 10.4. The second-order valence-electron chi connectivity index (χ2n) is 6.88. The summed E-state index contributed by atoms with van der Waals surface area (Å²) in [5.74, 6) is -0.257. The minimum atomic E-state index is -0.159. The Hall–Kier alpha value is -2.37. The second-order valence-corrected chi connectivity index (χ2v) is 7.29. The van der Waals surface area contributed by atoms with E-state index in [0.29, 0.717) is 23.7 Å². The maximum atomic E-state index is 12.3. The summed E-state index contributed by atoms with van der Waals surface area (Å²) in [5, 5.41) is 6.50. The van der Waals surface area contributed by atoms with Gasteiger partial charge in [0.05, 0.1) is 6.04 Å². The number of nitrogens with zero attached hydrogens (tertiary/aromatic N) is 1. The largest absolute Gasteiger partial charge is 0.354 e. The molecule has 0 aliphatic heterocycles. The molecule has 0 bridgehead atoms. The van der Waals surface area contributed by atoms with Gasteiger partial charge < -0.3 is 10.6 Å². The zero-order valence-corrected chi connectivity index (χ0v) is 18.1. The number of nitrogens with one attached hydrogen (secondary N) is 2. The van der Waals surface area contributed by atoms with Crippen LogP contribution >= 0.6 is 11.6 Å². The van der Waals surface area contributed by atoms with Crippen molar-refractivity contribution >= 4 is 23.4 Å². The fraction of sp³-hybridized carbons (Fsp3) is 0.391. The molecule has 0 saturated carbocycles. The summed E-state index contributed by atoms with van der Waals surface area (Å²) in [7, 11) is 0. The van der Waals surface area contributed by atoms with Crippen LogP contribution in [-0.4, -0.2) is 42.9 Å². The van der Waals surface area contributed by atoms with Crippen LogP contribution in [-0.2, 0) is 4.79 Å². The van der Waals surface area contributed by atoms with Crippen molar-refractivity contribution in [2.24, 2.45) is 0 Å². The third-order valence-electron chi connectivity index (χ3n) is 5.04. The molecule has 2 aromatic carbocycles. The van der Waals surface area contributed by atoms with Crippen LogP contribution in [0.15, 0.2) is 48.5 Å². The van der Waals surface area contributed by atoms with Crippen LogP contribution in [0.5, 0.6) is 0 Å². The maximum Gasteiger partial charge on any atom is 0.251 e. The summed E-state index contributed by atoms with van der Waals surface area (Å²) < 4.78 is 0. The topological polar surface area (TPSA) is 61.4 Å². The Morgan fingerprint density at radius 2 is 1.66 bits per heavy atom. The third kappa shape index (κ3) is 6.58. The van der Waals surface area contributed by atoms with E-state index in [1.54, 1.807) is 6.07 Å². The SMILES string of the molecule is CCN(CC)C(CNC(=O)CCNC(=O)c1ccccc1C)c1ccccc1Cl. The van der Waals surface area contributed by atoms with E-state index in [0.717, 1.165) is 24.2 Å². The highest BCUT2D eigenvalue weighted by molar-refractivity contribution is 6.31. The Morgan fingerprint density at radius 3 is 2.31 bits per heavy atom. The van der Waals surface area contributed by atoms with Crippen molar-refractivity contribution in [3.8, 4) is 0 Å². The Bertz CT molecular complexity index is 821. The molecule has 29 heavy (non-hydrogen) atoms. The van der Waals surface area contributed by atoms with Crippen molar-refractivity contribution < 1.29 is 9.59 Å². The van der Waals surface area contributed by atoms with Gasteiger partial charge in [0.15, 0.2) is 0 Å². The first-order valence-electron chi connectivity index (χ1n) is 10.1. The van der Waals surface area contributed by atoms with E-state index >= 15 is 0 Å². The lowest BCUT2D eigenvalue weighted by atomic mass is 10.0. The fourth-order valence-electron chi connectivity index (χ4n) is 3.36. The predicted molar refractivity (Wildman–Crippen MR) is 118 cm³/mol. The van der Waals surface area contributed by atoms with Gasteiger partial charge in [0.2, 0.25) is 5.91 Å². The Labute approximate surface area is 178 Å². The molecular weight excluding hydrogens is 386 g/mol. The number of hydrogen-bond acceptors (Lipinski definition) is 3. The lowest BCUT2D eigenvalue weighted by Gasteiger charge is -2.31. The van der Waals surface area contributed by atoms with Crippen LogP contribution in [0.2, 0.25) is 5.02 Å². The summed E-state index contributed by atoms with van der Waals surface area (Å²) in [6.45, 7) is 8.55. The molecule has 0 spiro atoms. The number of rotatable bonds is 10. The Kier molecular flexibility index (Phi) is 9.16. The van der Waals surface area contributed by atoms with Gasteiger partial charge in [-0.15, -0.1) is 0 Å². The van der Waals surface area contributed by atoms with Crippen molar-refractivity contribution in [2.75, 3.05) is 26.2 Å². The summed E-state index contributed by atoms with van der Waals surface area (Å²) >= 11 is 6.39. The molecule has 0 heterocycles. The molecule has 2 rings (SSSR count). The van der Waals surface area contributed by atoms with E-state index in [-0.39, 0.29) is 24.3 Å². The molecule has 2 N–H and O–H groups in total. The first-order chi connectivity index (χ1) is 14.0. The standard InChI is InChI=1S/C23H30ClN3O2/c1-4-27(5-2)21(19-12-8-9-13-20(19)24)16-26-22(28)14-15-25-23(29)18-11-7-6-10-17(18)3/h6-13,21H,4-5,14-16H2,1-3H3,(H,25,29)(H,26,28). The first kappa shape index (κ1) is 22.9. The molecule has 156 valence electrons. The normalized spacial score (nSPS) is 11.9. The summed E-state index contributed by atoms with van der Waals surface area (Å²) in [6, 6.07) is 15.1. The van der Waals surface area contributed by atoms with Crippen LogP contribution in [0.4, 0.5) is 0 Å². The van der Waals surface area contributed by atoms with Gasteiger partial charge in [0.25, 0.3) is 5.91 Å². The highest BCUT2D eigenvalue weighted by Crippen LogP contribution is 2.26. The van der Waals surface area contributed by atoms with Crippen LogP contribution < -0.4 is 10.6 Å². The number of benzene rings is 2. The van der Waals surface area contributed by atoms with Crippen molar-refractivity contribution in [3.05, 3.63) is 70.2 Å². The molecule has 0 fully saturated rings. The smallest absolute Gasteiger partial charge is 0.251 e. The van der Waals surface area contributed by atoms with Gasteiger partial charge in [-0.2, -0.15) is 0 Å². The number of carbonyl (C=O) groups is 2. The number of hydrogen-bond donors (Lipinski definition) is 2. The minimum absolute atomic E-state index is 0.00390. The van der Waals surface area contributed by atoms with Crippen LogP contribution in [0.3, 0.4) is 0 Å². The highest BCUT2D eigenvalue weighted by Gasteiger charge is 2.21. The molecule has 1 atom stereocenters. The molecule has 0 aliphatic rings. The summed E-state index contributed by atoms with van der Waals surface area (Å²) in [6.07, 6.45) is 0.227. The van der Waals surface area contributed by atoms with Gasteiger partial charge >= 0.3 is 0 Å². The molecular formula is C23H30ClN3O2. The van der Waals surface area contributed by atoms with Crippen molar-refractivity contribution in [3.63, 3.8) is 0 Å². The monoisotopic (exact) mass is 415 g/mol. The van der Waals surface area contributed by atoms with Gasteiger partial charge in [-0.25, -0.2) is 0 Å². The molecule has 0 aliphatic carbocycles. The molecule has 2 aromatic rings. The van der Waals surface area contributed by atoms with Crippen LogP contribution in [0.1, 0.15) is 47.8 Å². The van der Waals surface area contributed by atoms with E-state index in [2.05, 4.69) is 29.4 Å². The van der Waals surface area contributed by atoms with Gasteiger partial charge in [0, 0.05) is 30.1 Å². The van der Waals surface area contributed by atoms with Gasteiger partial charge in [-0.05, 0) is 43.3 Å². The number of aryl methyl sites for hydroxylation is 1. The molecule has 0 radical (unpaired) electrons. The molecule has 6 heteroatoms. The van der Waals surface area contributed by atoms with Gasteiger partial charge in [-0.3, -0.25) is 14.5 Å². The van der Waals surface area contributed by atoms with E-state index in [1.807, 2.05) is 49.4 Å². The Balaban J connectivity index is 1.89. The molecule has 0 aromatic heterocycles.